The quantitative estimate of drug-likeness (QED) is 0.516. The highest BCUT2D eigenvalue weighted by atomic mass is 35.5. The molecule has 0 saturated heterocycles. The van der Waals surface area contributed by atoms with Gasteiger partial charge in [0.15, 0.2) is 0 Å². The lowest BCUT2D eigenvalue weighted by Gasteiger charge is -2.28. The van der Waals surface area contributed by atoms with Crippen molar-refractivity contribution in [2.24, 2.45) is 0 Å². The number of alkyl halides is 3. The molecular formula is C21H13Cl2F3N2O. The van der Waals surface area contributed by atoms with Crippen LogP contribution in [0.1, 0.15) is 11.1 Å². The van der Waals surface area contributed by atoms with Crippen LogP contribution < -0.4 is 5.48 Å². The molecular weight excluding hydrogens is 424 g/mol. The van der Waals surface area contributed by atoms with E-state index < -0.39 is 11.8 Å². The predicted octanol–water partition coefficient (Wildman–Crippen LogP) is 6.39. The third-order valence-electron chi connectivity index (χ3n) is 4.54. The third-order valence-corrected chi connectivity index (χ3v) is 4.98. The summed E-state index contributed by atoms with van der Waals surface area (Å²) in [6.45, 7) is 0. The summed E-state index contributed by atoms with van der Waals surface area (Å²) in [5.74, 6) is 0. The van der Waals surface area contributed by atoms with Crippen molar-refractivity contribution in [2.75, 3.05) is 0 Å². The van der Waals surface area contributed by atoms with Crippen molar-refractivity contribution in [1.82, 2.24) is 10.5 Å². The van der Waals surface area contributed by atoms with Crippen molar-refractivity contribution in [3.8, 4) is 11.3 Å². The van der Waals surface area contributed by atoms with Gasteiger partial charge in [-0.2, -0.15) is 13.2 Å². The SMILES string of the molecule is FC(F)(F)C1(c2cc(Cl)cc(Cl)c2)C=C(c2ccc(-c3ccccn3)cc2)NO1. The fourth-order valence-electron chi connectivity index (χ4n) is 3.11. The van der Waals surface area contributed by atoms with Gasteiger partial charge in [-0.25, -0.2) is 0 Å². The van der Waals surface area contributed by atoms with E-state index in [1.165, 1.54) is 18.2 Å². The minimum atomic E-state index is -4.75. The van der Waals surface area contributed by atoms with Crippen molar-refractivity contribution in [2.45, 2.75) is 11.8 Å². The molecule has 1 aliphatic rings. The Hall–Kier alpha value is -2.54. The lowest BCUT2D eigenvalue weighted by molar-refractivity contribution is -0.269. The molecule has 4 rings (SSSR count). The molecule has 0 saturated carbocycles. The zero-order valence-corrected chi connectivity index (χ0v) is 16.2. The second kappa shape index (κ2) is 7.37. The first-order valence-electron chi connectivity index (χ1n) is 8.50. The van der Waals surface area contributed by atoms with Crippen LogP contribution in [0.25, 0.3) is 17.0 Å². The van der Waals surface area contributed by atoms with Gasteiger partial charge in [0.1, 0.15) is 0 Å². The molecule has 1 aromatic heterocycles. The van der Waals surface area contributed by atoms with E-state index in [2.05, 4.69) is 10.5 Å². The number of nitrogens with one attached hydrogen (secondary N) is 1. The summed E-state index contributed by atoms with van der Waals surface area (Å²) < 4.78 is 42.1. The molecule has 1 N–H and O–H groups in total. The van der Waals surface area contributed by atoms with Crippen LogP contribution in [0.15, 0.2) is 72.9 Å². The van der Waals surface area contributed by atoms with Crippen LogP contribution >= 0.6 is 23.2 Å². The van der Waals surface area contributed by atoms with Gasteiger partial charge in [-0.3, -0.25) is 15.3 Å². The van der Waals surface area contributed by atoms with E-state index in [9.17, 15) is 13.2 Å². The van der Waals surface area contributed by atoms with E-state index in [-0.39, 0.29) is 21.3 Å². The molecule has 0 bridgehead atoms. The Morgan fingerprint density at radius 1 is 0.897 bits per heavy atom. The molecule has 0 aliphatic carbocycles. The van der Waals surface area contributed by atoms with E-state index in [1.807, 2.05) is 12.1 Å². The molecule has 1 aliphatic heterocycles. The predicted molar refractivity (Wildman–Crippen MR) is 106 cm³/mol. The standard InChI is InChI=1S/C21H13Cl2F3N2O/c22-16-9-15(10-17(23)11-16)20(21(24,25)26)12-19(28-29-20)14-6-4-13(5-7-14)18-3-1-2-8-27-18/h1-12,28H. The van der Waals surface area contributed by atoms with Crippen LogP contribution in [0.5, 0.6) is 0 Å². The second-order valence-electron chi connectivity index (χ2n) is 6.45. The number of hydrogen-bond donors (Lipinski definition) is 1. The Kier molecular flexibility index (Phi) is 5.02. The third kappa shape index (κ3) is 3.71. The lowest BCUT2D eigenvalue weighted by atomic mass is 9.91. The number of halogens is 5. The average Bonchev–Trinajstić information content (AvgIpc) is 3.15. The molecule has 1 unspecified atom stereocenters. The largest absolute Gasteiger partial charge is 0.428 e. The normalized spacial score (nSPS) is 19.0. The zero-order valence-electron chi connectivity index (χ0n) is 14.7. The van der Waals surface area contributed by atoms with Gasteiger partial charge in [0.05, 0.1) is 11.4 Å². The van der Waals surface area contributed by atoms with E-state index in [0.717, 1.165) is 17.3 Å². The molecule has 0 radical (unpaired) electrons. The van der Waals surface area contributed by atoms with E-state index in [4.69, 9.17) is 28.0 Å². The molecule has 29 heavy (non-hydrogen) atoms. The highest BCUT2D eigenvalue weighted by Gasteiger charge is 2.59. The first kappa shape index (κ1) is 19.8. The Morgan fingerprint density at radius 2 is 1.55 bits per heavy atom. The van der Waals surface area contributed by atoms with Crippen molar-refractivity contribution in [3.63, 3.8) is 0 Å². The highest BCUT2D eigenvalue weighted by molar-refractivity contribution is 6.34. The van der Waals surface area contributed by atoms with Crippen molar-refractivity contribution >= 4 is 28.9 Å². The van der Waals surface area contributed by atoms with Gasteiger partial charge >= 0.3 is 6.18 Å². The molecule has 148 valence electrons. The van der Waals surface area contributed by atoms with E-state index >= 15 is 0 Å². The topological polar surface area (TPSA) is 34.2 Å². The molecule has 2 aromatic carbocycles. The number of hydroxylamine groups is 1. The molecule has 0 fully saturated rings. The molecule has 1 atom stereocenters. The second-order valence-corrected chi connectivity index (χ2v) is 7.32. The minimum absolute atomic E-state index is 0.0845. The van der Waals surface area contributed by atoms with Gasteiger partial charge in [-0.15, -0.1) is 0 Å². The number of aromatic nitrogens is 1. The molecule has 0 amide bonds. The van der Waals surface area contributed by atoms with Crippen LogP contribution in [0, 0.1) is 0 Å². The molecule has 0 spiro atoms. The average molecular weight is 437 g/mol. The van der Waals surface area contributed by atoms with E-state index in [0.29, 0.717) is 5.56 Å². The van der Waals surface area contributed by atoms with Crippen LogP contribution in [0.4, 0.5) is 13.2 Å². The summed E-state index contributed by atoms with van der Waals surface area (Å²) in [7, 11) is 0. The fourth-order valence-corrected chi connectivity index (χ4v) is 3.63. The maximum atomic E-state index is 14.0. The smallest absolute Gasteiger partial charge is 0.265 e. The van der Waals surface area contributed by atoms with Gasteiger partial charge in [0, 0.05) is 27.4 Å². The summed E-state index contributed by atoms with van der Waals surface area (Å²) in [5.41, 5.74) is 1.81. The molecule has 8 heteroatoms. The number of nitrogens with zero attached hydrogens (tertiary/aromatic N) is 1. The summed E-state index contributed by atoms with van der Waals surface area (Å²) in [6, 6.07) is 16.2. The summed E-state index contributed by atoms with van der Waals surface area (Å²) >= 11 is 11.8. The van der Waals surface area contributed by atoms with Gasteiger partial charge in [-0.1, -0.05) is 53.5 Å². The Morgan fingerprint density at radius 3 is 2.14 bits per heavy atom. The lowest BCUT2D eigenvalue weighted by Crippen LogP contribution is -2.42. The maximum Gasteiger partial charge on any atom is 0.428 e. The summed E-state index contributed by atoms with van der Waals surface area (Å²) in [5, 5.41) is 0.169. The molecule has 3 aromatic rings. The van der Waals surface area contributed by atoms with Gasteiger partial charge in [0.25, 0.3) is 0 Å². The van der Waals surface area contributed by atoms with Crippen molar-refractivity contribution in [3.05, 3.63) is 94.1 Å². The summed E-state index contributed by atoms with van der Waals surface area (Å²) in [4.78, 5) is 9.34. The minimum Gasteiger partial charge on any atom is -0.265 e. The Labute approximate surface area is 174 Å². The Bertz CT molecular complexity index is 1050. The highest BCUT2D eigenvalue weighted by Crippen LogP contribution is 2.48. The van der Waals surface area contributed by atoms with Crippen LogP contribution in [-0.2, 0) is 10.4 Å². The number of benzene rings is 2. The maximum absolute atomic E-state index is 14.0. The number of hydrogen-bond acceptors (Lipinski definition) is 3. The Balaban J connectivity index is 1.74. The van der Waals surface area contributed by atoms with Crippen LogP contribution in [-0.4, -0.2) is 11.2 Å². The first-order chi connectivity index (χ1) is 13.8. The number of rotatable bonds is 3. The molecule has 3 nitrogen and oxygen atoms in total. The van der Waals surface area contributed by atoms with Gasteiger partial charge in [-0.05, 0) is 42.0 Å². The van der Waals surface area contributed by atoms with Crippen molar-refractivity contribution < 1.29 is 18.0 Å². The fraction of sp³-hybridized carbons (Fsp3) is 0.0952. The van der Waals surface area contributed by atoms with Gasteiger partial charge in [0.2, 0.25) is 5.60 Å². The number of pyridine rings is 1. The van der Waals surface area contributed by atoms with Crippen molar-refractivity contribution in [1.29, 1.82) is 0 Å². The van der Waals surface area contributed by atoms with E-state index in [1.54, 1.807) is 36.5 Å². The molecule has 2 heterocycles. The first-order valence-corrected chi connectivity index (χ1v) is 9.26. The monoisotopic (exact) mass is 436 g/mol. The van der Waals surface area contributed by atoms with Crippen LogP contribution in [0.3, 0.4) is 0 Å². The van der Waals surface area contributed by atoms with Gasteiger partial charge < -0.3 is 0 Å². The summed E-state index contributed by atoms with van der Waals surface area (Å²) in [6.07, 6.45) is -2.08. The van der Waals surface area contributed by atoms with Crippen LogP contribution in [0.2, 0.25) is 10.0 Å². The zero-order chi connectivity index (χ0) is 20.6.